The first kappa shape index (κ1) is 26.1. The molecule has 0 bridgehead atoms. The molecule has 2 amide bonds. The SMILES string of the molecule is CCOC(=O)C(=NOC)c1nc(NC(=O)[C@@H](NC(=O)OC(C)(C)C)c2ccccc2)sc1Cl. The van der Waals surface area contributed by atoms with Gasteiger partial charge in [-0.25, -0.2) is 14.6 Å². The molecule has 2 aromatic rings. The minimum absolute atomic E-state index is 0.00590. The molecular formula is C21H25ClN4O6S. The Labute approximate surface area is 200 Å². The Morgan fingerprint density at radius 3 is 2.45 bits per heavy atom. The number of rotatable bonds is 8. The number of nitrogens with one attached hydrogen (secondary N) is 2. The van der Waals surface area contributed by atoms with Gasteiger partial charge in [0, 0.05) is 0 Å². The van der Waals surface area contributed by atoms with Crippen molar-refractivity contribution in [3.05, 3.63) is 45.9 Å². The average Bonchev–Trinajstić information content (AvgIpc) is 3.09. The standard InChI is InChI=1S/C21H25ClN4O6S/c1-6-31-18(28)15(26-30-5)14-16(22)33-19(23-14)25-17(27)13(12-10-8-7-9-11-12)24-20(29)32-21(2,3)4/h7-11,13H,6H2,1-5H3,(H,24,29)(H,23,25,27)/t13-/m0/s1. The summed E-state index contributed by atoms with van der Waals surface area (Å²) in [6.07, 6.45) is -0.763. The smallest absolute Gasteiger partial charge is 0.408 e. The van der Waals surface area contributed by atoms with Crippen molar-refractivity contribution >= 4 is 51.8 Å². The van der Waals surface area contributed by atoms with Crippen molar-refractivity contribution < 1.29 is 28.7 Å². The predicted octanol–water partition coefficient (Wildman–Crippen LogP) is 3.91. The van der Waals surface area contributed by atoms with Gasteiger partial charge in [0.25, 0.3) is 5.91 Å². The molecule has 2 N–H and O–H groups in total. The molecule has 0 saturated heterocycles. The van der Waals surface area contributed by atoms with Gasteiger partial charge in [-0.05, 0) is 33.3 Å². The number of carbonyl (C=O) groups is 3. The van der Waals surface area contributed by atoms with E-state index in [0.717, 1.165) is 11.3 Å². The molecule has 0 aliphatic rings. The number of hydrogen-bond acceptors (Lipinski definition) is 9. The van der Waals surface area contributed by atoms with Gasteiger partial charge in [0.1, 0.15) is 28.8 Å². The third kappa shape index (κ3) is 7.72. The topological polar surface area (TPSA) is 128 Å². The predicted molar refractivity (Wildman–Crippen MR) is 124 cm³/mol. The van der Waals surface area contributed by atoms with Crippen LogP contribution in [0.25, 0.3) is 0 Å². The number of carbonyl (C=O) groups excluding carboxylic acids is 3. The summed E-state index contributed by atoms with van der Waals surface area (Å²) >= 11 is 7.14. The number of nitrogens with zero attached hydrogens (tertiary/aromatic N) is 2. The monoisotopic (exact) mass is 496 g/mol. The van der Waals surface area contributed by atoms with Gasteiger partial charge >= 0.3 is 12.1 Å². The van der Waals surface area contributed by atoms with Crippen LogP contribution in [-0.4, -0.2) is 48.0 Å². The highest BCUT2D eigenvalue weighted by atomic mass is 35.5. The third-order valence-corrected chi connectivity index (χ3v) is 4.92. The molecule has 0 spiro atoms. The van der Waals surface area contributed by atoms with Gasteiger partial charge < -0.3 is 19.6 Å². The molecule has 33 heavy (non-hydrogen) atoms. The van der Waals surface area contributed by atoms with Gasteiger partial charge in [0.2, 0.25) is 5.71 Å². The molecule has 178 valence electrons. The molecule has 0 radical (unpaired) electrons. The summed E-state index contributed by atoms with van der Waals surface area (Å²) in [5.74, 6) is -1.37. The van der Waals surface area contributed by atoms with Crippen LogP contribution in [0.1, 0.15) is 45.0 Å². The first-order valence-electron chi connectivity index (χ1n) is 9.86. The van der Waals surface area contributed by atoms with Crippen molar-refractivity contribution in [2.75, 3.05) is 19.0 Å². The molecule has 1 heterocycles. The lowest BCUT2D eigenvalue weighted by atomic mass is 10.1. The van der Waals surface area contributed by atoms with Crippen molar-refractivity contribution in [2.45, 2.75) is 39.3 Å². The maximum atomic E-state index is 13.1. The molecule has 0 aliphatic heterocycles. The highest BCUT2D eigenvalue weighted by Gasteiger charge is 2.28. The second-order valence-corrected chi connectivity index (χ2v) is 9.06. The summed E-state index contributed by atoms with van der Waals surface area (Å²) in [6.45, 7) is 6.89. The lowest BCUT2D eigenvalue weighted by molar-refractivity contribution is -0.135. The van der Waals surface area contributed by atoms with Crippen LogP contribution >= 0.6 is 22.9 Å². The maximum absolute atomic E-state index is 13.1. The van der Waals surface area contributed by atoms with Crippen LogP contribution in [0.3, 0.4) is 0 Å². The van der Waals surface area contributed by atoms with Crippen LogP contribution in [0, 0.1) is 0 Å². The van der Waals surface area contributed by atoms with Crippen LogP contribution in [0.15, 0.2) is 35.5 Å². The number of hydrogen-bond donors (Lipinski definition) is 2. The van der Waals surface area contributed by atoms with E-state index in [1.165, 1.54) is 7.11 Å². The van der Waals surface area contributed by atoms with Crippen molar-refractivity contribution in [2.24, 2.45) is 5.16 Å². The quantitative estimate of drug-likeness (QED) is 0.322. The first-order chi connectivity index (χ1) is 15.6. The second-order valence-electron chi connectivity index (χ2n) is 7.46. The largest absolute Gasteiger partial charge is 0.461 e. The number of oxime groups is 1. The third-order valence-electron chi connectivity index (χ3n) is 3.75. The fraction of sp³-hybridized carbons (Fsp3) is 0.381. The summed E-state index contributed by atoms with van der Waals surface area (Å²) < 4.78 is 10.3. The van der Waals surface area contributed by atoms with Crippen molar-refractivity contribution in [3.8, 4) is 0 Å². The van der Waals surface area contributed by atoms with E-state index in [4.69, 9.17) is 25.9 Å². The lowest BCUT2D eigenvalue weighted by Gasteiger charge is -2.23. The van der Waals surface area contributed by atoms with E-state index >= 15 is 0 Å². The molecule has 0 fully saturated rings. The lowest BCUT2D eigenvalue weighted by Crippen LogP contribution is -2.40. The Balaban J connectivity index is 2.29. The zero-order valence-electron chi connectivity index (χ0n) is 18.8. The number of benzene rings is 1. The first-order valence-corrected chi connectivity index (χ1v) is 11.1. The molecule has 12 heteroatoms. The highest BCUT2D eigenvalue weighted by molar-refractivity contribution is 7.20. The molecular weight excluding hydrogens is 472 g/mol. The Hall–Kier alpha value is -3.18. The van der Waals surface area contributed by atoms with E-state index in [1.807, 2.05) is 0 Å². The molecule has 1 atom stereocenters. The van der Waals surface area contributed by atoms with Gasteiger partial charge in [-0.1, -0.05) is 58.4 Å². The van der Waals surface area contributed by atoms with Gasteiger partial charge in [0.05, 0.1) is 6.61 Å². The number of halogens is 1. The molecule has 0 saturated carbocycles. The van der Waals surface area contributed by atoms with Crippen LogP contribution in [-0.2, 0) is 23.9 Å². The summed E-state index contributed by atoms with van der Waals surface area (Å²) in [4.78, 5) is 46.4. The zero-order chi connectivity index (χ0) is 24.6. The molecule has 1 aromatic carbocycles. The molecule has 10 nitrogen and oxygen atoms in total. The van der Waals surface area contributed by atoms with Crippen molar-refractivity contribution in [1.29, 1.82) is 0 Å². The number of alkyl carbamates (subject to hydrolysis) is 1. The Morgan fingerprint density at radius 2 is 1.88 bits per heavy atom. The van der Waals surface area contributed by atoms with Gasteiger partial charge in [-0.3, -0.25) is 10.1 Å². The number of anilines is 1. The molecule has 0 aliphatic carbocycles. The summed E-state index contributed by atoms with van der Waals surface area (Å²) in [7, 11) is 1.26. The van der Waals surface area contributed by atoms with E-state index < -0.39 is 29.6 Å². The van der Waals surface area contributed by atoms with Crippen LogP contribution in [0.2, 0.25) is 4.34 Å². The Kier molecular flexibility index (Phi) is 9.18. The van der Waals surface area contributed by atoms with Crippen molar-refractivity contribution in [1.82, 2.24) is 10.3 Å². The molecule has 2 rings (SSSR count). The fourth-order valence-electron chi connectivity index (χ4n) is 2.52. The van der Waals surface area contributed by atoms with Crippen LogP contribution < -0.4 is 10.6 Å². The normalized spacial score (nSPS) is 12.5. The minimum Gasteiger partial charge on any atom is -0.461 e. The van der Waals surface area contributed by atoms with Crippen molar-refractivity contribution in [3.63, 3.8) is 0 Å². The van der Waals surface area contributed by atoms with Gasteiger partial charge in [-0.2, -0.15) is 0 Å². The number of thiazole rings is 1. The molecule has 1 aromatic heterocycles. The van der Waals surface area contributed by atoms with Gasteiger partial charge in [-0.15, -0.1) is 0 Å². The highest BCUT2D eigenvalue weighted by Crippen LogP contribution is 2.30. The Morgan fingerprint density at radius 1 is 1.21 bits per heavy atom. The van der Waals surface area contributed by atoms with Crippen LogP contribution in [0.4, 0.5) is 9.93 Å². The number of amides is 2. The number of aromatic nitrogens is 1. The number of esters is 1. The van der Waals surface area contributed by atoms with E-state index in [1.54, 1.807) is 58.0 Å². The van der Waals surface area contributed by atoms with Gasteiger partial charge in [0.15, 0.2) is 5.13 Å². The minimum atomic E-state index is -1.08. The summed E-state index contributed by atoms with van der Waals surface area (Å²) in [5.41, 5.74) is -0.470. The summed E-state index contributed by atoms with van der Waals surface area (Å²) in [6, 6.07) is 7.54. The number of ether oxygens (including phenoxy) is 2. The van der Waals surface area contributed by atoms with E-state index in [9.17, 15) is 14.4 Å². The fourth-order valence-corrected chi connectivity index (χ4v) is 3.57. The second kappa shape index (κ2) is 11.6. The van der Waals surface area contributed by atoms with E-state index in [-0.39, 0.29) is 27.5 Å². The van der Waals surface area contributed by atoms with E-state index in [0.29, 0.717) is 5.56 Å². The summed E-state index contributed by atoms with van der Waals surface area (Å²) in [5, 5.41) is 8.89. The Bertz CT molecular complexity index is 1020. The average molecular weight is 497 g/mol. The maximum Gasteiger partial charge on any atom is 0.408 e. The van der Waals surface area contributed by atoms with Crippen LogP contribution in [0.5, 0.6) is 0 Å². The zero-order valence-corrected chi connectivity index (χ0v) is 20.4. The van der Waals surface area contributed by atoms with E-state index in [2.05, 4.69) is 20.8 Å². The molecule has 0 unspecified atom stereocenters.